The Balaban J connectivity index is 1.84. The van der Waals surface area contributed by atoms with Gasteiger partial charge in [0.2, 0.25) is 0 Å². The van der Waals surface area contributed by atoms with Crippen LogP contribution in [0.2, 0.25) is 0 Å². The van der Waals surface area contributed by atoms with Crippen molar-refractivity contribution in [3.8, 4) is 5.75 Å². The predicted molar refractivity (Wildman–Crippen MR) is 70.9 cm³/mol. The number of phenolic OH excluding ortho intramolecular Hbond substituents is 1. The first-order valence-corrected chi connectivity index (χ1v) is 6.72. The summed E-state index contributed by atoms with van der Waals surface area (Å²) in [6.07, 6.45) is 3.97. The Hall–Kier alpha value is -1.02. The molecule has 1 aromatic carbocycles. The summed E-state index contributed by atoms with van der Waals surface area (Å²) in [5.41, 5.74) is 1.25. The van der Waals surface area contributed by atoms with E-state index in [-0.39, 0.29) is 0 Å². The van der Waals surface area contributed by atoms with Crippen molar-refractivity contribution >= 4 is 0 Å². The first-order valence-electron chi connectivity index (χ1n) is 6.72. The fourth-order valence-corrected chi connectivity index (χ4v) is 2.97. The summed E-state index contributed by atoms with van der Waals surface area (Å²) >= 11 is 0. The smallest absolute Gasteiger partial charge is 0.115 e. The van der Waals surface area contributed by atoms with Gasteiger partial charge in [-0.15, -0.1) is 0 Å². The summed E-state index contributed by atoms with van der Waals surface area (Å²) in [5, 5.41) is 12.9. The third-order valence-corrected chi connectivity index (χ3v) is 4.26. The first-order chi connectivity index (χ1) is 8.20. The molecule has 1 fully saturated rings. The van der Waals surface area contributed by atoms with Gasteiger partial charge < -0.3 is 10.4 Å². The first kappa shape index (κ1) is 12.4. The van der Waals surface area contributed by atoms with Crippen LogP contribution >= 0.6 is 0 Å². The molecule has 2 rings (SSSR count). The summed E-state index contributed by atoms with van der Waals surface area (Å²) in [4.78, 5) is 0. The third-order valence-electron chi connectivity index (χ3n) is 4.26. The number of nitrogens with one attached hydrogen (secondary N) is 1. The zero-order valence-electron chi connectivity index (χ0n) is 10.8. The van der Waals surface area contributed by atoms with Gasteiger partial charge in [0.05, 0.1) is 0 Å². The van der Waals surface area contributed by atoms with Crippen LogP contribution in [0.25, 0.3) is 0 Å². The highest BCUT2D eigenvalue weighted by Gasteiger charge is 2.30. The lowest BCUT2D eigenvalue weighted by atomic mass is 9.93. The fourth-order valence-electron chi connectivity index (χ4n) is 2.97. The lowest BCUT2D eigenvalue weighted by Gasteiger charge is -2.21. The van der Waals surface area contributed by atoms with Gasteiger partial charge in [0.1, 0.15) is 5.75 Å². The van der Waals surface area contributed by atoms with Crippen LogP contribution in [-0.2, 0) is 6.54 Å². The van der Waals surface area contributed by atoms with E-state index >= 15 is 0 Å². The maximum Gasteiger partial charge on any atom is 0.115 e. The molecule has 2 nitrogen and oxygen atoms in total. The lowest BCUT2D eigenvalue weighted by molar-refractivity contribution is 0.344. The summed E-state index contributed by atoms with van der Waals surface area (Å²) in [6.45, 7) is 5.57. The molecule has 0 heterocycles. The molecule has 0 saturated heterocycles. The predicted octanol–water partition coefficient (Wildman–Crippen LogP) is 3.31. The van der Waals surface area contributed by atoms with Gasteiger partial charge in [-0.2, -0.15) is 0 Å². The van der Waals surface area contributed by atoms with Crippen LogP contribution in [-0.4, -0.2) is 11.1 Å². The van der Waals surface area contributed by atoms with E-state index in [1.54, 1.807) is 12.1 Å². The molecule has 0 spiro atoms. The average Bonchev–Trinajstić information content (AvgIpc) is 2.69. The molecule has 0 aliphatic heterocycles. The minimum Gasteiger partial charge on any atom is -0.508 e. The van der Waals surface area contributed by atoms with Crippen molar-refractivity contribution in [2.75, 3.05) is 0 Å². The second kappa shape index (κ2) is 5.54. The van der Waals surface area contributed by atoms with Crippen LogP contribution in [0.1, 0.15) is 38.7 Å². The Labute approximate surface area is 104 Å². The monoisotopic (exact) mass is 233 g/mol. The van der Waals surface area contributed by atoms with E-state index in [9.17, 15) is 5.11 Å². The van der Waals surface area contributed by atoms with Crippen LogP contribution in [0.3, 0.4) is 0 Å². The molecule has 94 valence electrons. The molecule has 1 saturated carbocycles. The Morgan fingerprint density at radius 3 is 2.53 bits per heavy atom. The van der Waals surface area contributed by atoms with E-state index in [1.807, 2.05) is 12.1 Å². The second-order valence-electron chi connectivity index (χ2n) is 5.26. The zero-order valence-corrected chi connectivity index (χ0v) is 10.8. The Morgan fingerprint density at radius 1 is 1.24 bits per heavy atom. The highest BCUT2D eigenvalue weighted by molar-refractivity contribution is 5.25. The zero-order chi connectivity index (χ0) is 12.3. The van der Waals surface area contributed by atoms with Crippen molar-refractivity contribution in [1.82, 2.24) is 5.32 Å². The molecule has 0 amide bonds. The number of benzene rings is 1. The largest absolute Gasteiger partial charge is 0.508 e. The number of rotatable bonds is 4. The molecule has 0 bridgehead atoms. The van der Waals surface area contributed by atoms with Crippen molar-refractivity contribution in [3.63, 3.8) is 0 Å². The summed E-state index contributed by atoms with van der Waals surface area (Å²) < 4.78 is 0. The molecular weight excluding hydrogens is 210 g/mol. The molecule has 17 heavy (non-hydrogen) atoms. The molecule has 1 aliphatic rings. The molecule has 0 aromatic heterocycles. The van der Waals surface area contributed by atoms with Gasteiger partial charge in [-0.25, -0.2) is 0 Å². The van der Waals surface area contributed by atoms with Crippen LogP contribution in [0.5, 0.6) is 5.75 Å². The molecule has 2 heteroatoms. The van der Waals surface area contributed by atoms with Crippen molar-refractivity contribution in [2.24, 2.45) is 11.8 Å². The standard InChI is InChI=1S/C15H23NO/c1-3-13-6-9-15(11(13)2)16-10-12-4-7-14(17)8-5-12/h4-5,7-8,11,13,15-17H,3,6,9-10H2,1-2H3. The van der Waals surface area contributed by atoms with Crippen molar-refractivity contribution in [3.05, 3.63) is 29.8 Å². The van der Waals surface area contributed by atoms with E-state index in [0.717, 1.165) is 18.4 Å². The van der Waals surface area contributed by atoms with Crippen LogP contribution in [0.15, 0.2) is 24.3 Å². The fraction of sp³-hybridized carbons (Fsp3) is 0.600. The van der Waals surface area contributed by atoms with Gasteiger partial charge in [0, 0.05) is 12.6 Å². The van der Waals surface area contributed by atoms with Gasteiger partial charge in [0.25, 0.3) is 0 Å². The molecule has 1 aliphatic carbocycles. The van der Waals surface area contributed by atoms with E-state index in [0.29, 0.717) is 11.8 Å². The molecule has 3 atom stereocenters. The normalized spacial score (nSPS) is 28.5. The Kier molecular flexibility index (Phi) is 4.06. The number of aromatic hydroxyl groups is 1. The number of hydrogen-bond acceptors (Lipinski definition) is 2. The van der Waals surface area contributed by atoms with Gasteiger partial charge >= 0.3 is 0 Å². The number of hydrogen-bond donors (Lipinski definition) is 2. The average molecular weight is 233 g/mol. The van der Waals surface area contributed by atoms with Gasteiger partial charge in [-0.3, -0.25) is 0 Å². The summed E-state index contributed by atoms with van der Waals surface area (Å²) in [7, 11) is 0. The summed E-state index contributed by atoms with van der Waals surface area (Å²) in [6, 6.07) is 8.14. The highest BCUT2D eigenvalue weighted by atomic mass is 16.3. The quantitative estimate of drug-likeness (QED) is 0.836. The van der Waals surface area contributed by atoms with Crippen molar-refractivity contribution in [1.29, 1.82) is 0 Å². The summed E-state index contributed by atoms with van der Waals surface area (Å²) in [5.74, 6) is 2.03. The van der Waals surface area contributed by atoms with E-state index in [4.69, 9.17) is 0 Å². The Bertz CT molecular complexity index is 346. The molecule has 3 unspecified atom stereocenters. The van der Waals surface area contributed by atoms with Gasteiger partial charge in [0.15, 0.2) is 0 Å². The van der Waals surface area contributed by atoms with E-state index < -0.39 is 0 Å². The van der Waals surface area contributed by atoms with Crippen LogP contribution < -0.4 is 5.32 Å². The molecule has 0 radical (unpaired) electrons. The van der Waals surface area contributed by atoms with E-state index in [2.05, 4.69) is 19.2 Å². The van der Waals surface area contributed by atoms with Crippen molar-refractivity contribution in [2.45, 2.75) is 45.7 Å². The van der Waals surface area contributed by atoms with Crippen LogP contribution in [0, 0.1) is 11.8 Å². The molecule has 2 N–H and O–H groups in total. The molecular formula is C15H23NO. The van der Waals surface area contributed by atoms with Crippen LogP contribution in [0.4, 0.5) is 0 Å². The number of phenols is 1. The molecule has 1 aromatic rings. The maximum atomic E-state index is 9.22. The minimum atomic E-state index is 0.342. The topological polar surface area (TPSA) is 32.3 Å². The van der Waals surface area contributed by atoms with Gasteiger partial charge in [-0.05, 0) is 42.4 Å². The highest BCUT2D eigenvalue weighted by Crippen LogP contribution is 2.33. The second-order valence-corrected chi connectivity index (χ2v) is 5.26. The van der Waals surface area contributed by atoms with Gasteiger partial charge in [-0.1, -0.05) is 32.4 Å². The SMILES string of the molecule is CCC1CCC(NCc2ccc(O)cc2)C1C. The van der Waals surface area contributed by atoms with Crippen molar-refractivity contribution < 1.29 is 5.11 Å². The maximum absolute atomic E-state index is 9.22. The third kappa shape index (κ3) is 3.01. The van der Waals surface area contributed by atoms with E-state index in [1.165, 1.54) is 24.8 Å². The lowest BCUT2D eigenvalue weighted by Crippen LogP contribution is -2.32. The minimum absolute atomic E-state index is 0.342. The Morgan fingerprint density at radius 2 is 1.94 bits per heavy atom.